The van der Waals surface area contributed by atoms with Crippen LogP contribution < -0.4 is 0 Å². The van der Waals surface area contributed by atoms with Crippen LogP contribution in [0.5, 0.6) is 0 Å². The van der Waals surface area contributed by atoms with Crippen molar-refractivity contribution in [2.75, 3.05) is 0 Å². The van der Waals surface area contributed by atoms with Crippen molar-refractivity contribution in [1.29, 1.82) is 0 Å². The highest BCUT2D eigenvalue weighted by Crippen LogP contribution is 2.43. The van der Waals surface area contributed by atoms with Crippen LogP contribution in [0.25, 0.3) is 104 Å². The molecule has 0 N–H and O–H groups in total. The van der Waals surface area contributed by atoms with E-state index in [1.54, 1.807) is 0 Å². The predicted octanol–water partition coefficient (Wildman–Crippen LogP) is 13.8. The number of nitrogens with zero attached hydrogens (tertiary/aromatic N) is 3. The molecule has 0 radical (unpaired) electrons. The van der Waals surface area contributed by atoms with Crippen LogP contribution >= 0.6 is 0 Å². The fourth-order valence-electron chi connectivity index (χ4n) is 9.30. The van der Waals surface area contributed by atoms with Gasteiger partial charge in [0, 0.05) is 49.4 Å². The molecule has 55 heavy (non-hydrogen) atoms. The fraction of sp³-hybridized carbons (Fsp3) is 0. The number of aromatic nitrogens is 3. The molecule has 12 aromatic rings. The van der Waals surface area contributed by atoms with Crippen molar-refractivity contribution in [3.8, 4) is 28.2 Å². The summed E-state index contributed by atoms with van der Waals surface area (Å²) in [6.45, 7) is 0. The second-order valence-corrected chi connectivity index (χ2v) is 14.5. The van der Waals surface area contributed by atoms with Crippen molar-refractivity contribution < 1.29 is 0 Å². The third-order valence-corrected chi connectivity index (χ3v) is 11.6. The molecule has 0 unspecified atom stereocenters. The Morgan fingerprint density at radius 2 is 0.836 bits per heavy atom. The lowest BCUT2D eigenvalue weighted by atomic mass is 9.99. The van der Waals surface area contributed by atoms with Gasteiger partial charge in [0.2, 0.25) is 0 Å². The molecule has 0 bridgehead atoms. The van der Waals surface area contributed by atoms with E-state index in [1.807, 2.05) is 0 Å². The van der Waals surface area contributed by atoms with Gasteiger partial charge in [0.25, 0.3) is 0 Å². The second-order valence-electron chi connectivity index (χ2n) is 14.5. The summed E-state index contributed by atoms with van der Waals surface area (Å²) in [7, 11) is 0. The zero-order chi connectivity index (χ0) is 36.0. The molecule has 0 saturated carbocycles. The van der Waals surface area contributed by atoms with E-state index in [4.69, 9.17) is 0 Å². The molecule has 0 aliphatic rings. The van der Waals surface area contributed by atoms with Crippen LogP contribution in [0, 0.1) is 0 Å². The van der Waals surface area contributed by atoms with Gasteiger partial charge in [0.15, 0.2) is 0 Å². The first-order valence-corrected chi connectivity index (χ1v) is 18.9. The van der Waals surface area contributed by atoms with Gasteiger partial charge in [-0.3, -0.25) is 0 Å². The molecule has 0 aliphatic heterocycles. The van der Waals surface area contributed by atoms with Crippen molar-refractivity contribution in [3.63, 3.8) is 0 Å². The fourth-order valence-corrected chi connectivity index (χ4v) is 9.30. The average Bonchev–Trinajstić information content (AvgIpc) is 3.90. The summed E-state index contributed by atoms with van der Waals surface area (Å²) in [5.74, 6) is 0. The molecular formula is C52H33N3. The van der Waals surface area contributed by atoms with Crippen molar-refractivity contribution >= 4 is 76.2 Å². The molecule has 0 saturated heterocycles. The molecule has 256 valence electrons. The average molecular weight is 700 g/mol. The molecule has 9 aromatic carbocycles. The lowest BCUT2D eigenvalue weighted by molar-refractivity contribution is 1.17. The quantitative estimate of drug-likeness (QED) is 0.174. The van der Waals surface area contributed by atoms with Gasteiger partial charge >= 0.3 is 0 Å². The Hall–Kier alpha value is -7.36. The third-order valence-electron chi connectivity index (χ3n) is 11.6. The topological polar surface area (TPSA) is 14.8 Å². The summed E-state index contributed by atoms with van der Waals surface area (Å²) in [5, 5.41) is 10.0. The standard InChI is InChI=1S/C52H33N3/c1-2-17-37(18-3-1)53-46-25-10-7-21-43(46)50-40(23-13-27-48(50)53)36-16-12-19-38(33-36)54-47-26-11-8-22-44(47)51-49(54)31-30-42-41-20-6-9-24-45(41)55(52(42)51)39-29-28-34-14-4-5-15-35(34)32-39/h1-33H. The number of hydrogen-bond acceptors (Lipinski definition) is 0. The molecule has 0 amide bonds. The number of fused-ring (bicyclic) bond motifs is 11. The van der Waals surface area contributed by atoms with E-state index < -0.39 is 0 Å². The number of benzene rings is 9. The maximum Gasteiger partial charge on any atom is 0.0641 e. The maximum atomic E-state index is 2.48. The zero-order valence-corrected chi connectivity index (χ0v) is 29.9. The van der Waals surface area contributed by atoms with Gasteiger partial charge in [0.1, 0.15) is 0 Å². The van der Waals surface area contributed by atoms with Crippen LogP contribution in [0.2, 0.25) is 0 Å². The zero-order valence-electron chi connectivity index (χ0n) is 29.9. The molecule has 0 aliphatic carbocycles. The van der Waals surface area contributed by atoms with Gasteiger partial charge in [-0.15, -0.1) is 0 Å². The summed E-state index contributed by atoms with van der Waals surface area (Å²) < 4.78 is 7.34. The highest BCUT2D eigenvalue weighted by Gasteiger charge is 2.22. The largest absolute Gasteiger partial charge is 0.309 e. The van der Waals surface area contributed by atoms with Crippen LogP contribution in [0.4, 0.5) is 0 Å². The van der Waals surface area contributed by atoms with E-state index >= 15 is 0 Å². The Labute approximate surface area is 317 Å². The van der Waals surface area contributed by atoms with Gasteiger partial charge in [-0.05, 0) is 88.6 Å². The van der Waals surface area contributed by atoms with Gasteiger partial charge in [-0.25, -0.2) is 0 Å². The van der Waals surface area contributed by atoms with Crippen LogP contribution in [0.3, 0.4) is 0 Å². The lowest BCUT2D eigenvalue weighted by Crippen LogP contribution is -1.96. The first-order valence-electron chi connectivity index (χ1n) is 18.9. The highest BCUT2D eigenvalue weighted by molar-refractivity contribution is 6.26. The highest BCUT2D eigenvalue weighted by atomic mass is 15.0. The van der Waals surface area contributed by atoms with E-state index in [-0.39, 0.29) is 0 Å². The Bertz CT molecular complexity index is 3490. The predicted molar refractivity (Wildman–Crippen MR) is 232 cm³/mol. The van der Waals surface area contributed by atoms with Crippen molar-refractivity contribution in [2.45, 2.75) is 0 Å². The van der Waals surface area contributed by atoms with Crippen LogP contribution in [-0.2, 0) is 0 Å². The molecule has 0 spiro atoms. The van der Waals surface area contributed by atoms with Crippen LogP contribution in [0.1, 0.15) is 0 Å². The second kappa shape index (κ2) is 11.6. The van der Waals surface area contributed by atoms with E-state index in [1.165, 1.54) is 93.0 Å². The Balaban J connectivity index is 1.13. The molecule has 0 atom stereocenters. The van der Waals surface area contributed by atoms with Crippen LogP contribution in [0.15, 0.2) is 200 Å². The first-order chi connectivity index (χ1) is 27.3. The Morgan fingerprint density at radius 3 is 1.64 bits per heavy atom. The molecule has 3 heteroatoms. The van der Waals surface area contributed by atoms with Gasteiger partial charge in [0.05, 0.1) is 33.1 Å². The lowest BCUT2D eigenvalue weighted by Gasteiger charge is -2.12. The monoisotopic (exact) mass is 699 g/mol. The van der Waals surface area contributed by atoms with Crippen molar-refractivity contribution in [1.82, 2.24) is 13.7 Å². The molecule has 0 fully saturated rings. The molecule has 3 nitrogen and oxygen atoms in total. The Morgan fingerprint density at radius 1 is 0.273 bits per heavy atom. The Kier molecular flexibility index (Phi) is 6.34. The molecule has 12 rings (SSSR count). The van der Waals surface area contributed by atoms with Crippen molar-refractivity contribution in [2.24, 2.45) is 0 Å². The van der Waals surface area contributed by atoms with E-state index in [9.17, 15) is 0 Å². The third kappa shape index (κ3) is 4.32. The molecular weight excluding hydrogens is 667 g/mol. The molecule has 3 aromatic heterocycles. The van der Waals surface area contributed by atoms with E-state index in [0.717, 1.165) is 11.4 Å². The normalized spacial score (nSPS) is 12.0. The van der Waals surface area contributed by atoms with Gasteiger partial charge < -0.3 is 13.7 Å². The summed E-state index contributed by atoms with van der Waals surface area (Å²) >= 11 is 0. The summed E-state index contributed by atoms with van der Waals surface area (Å²) in [6, 6.07) is 73.2. The maximum absolute atomic E-state index is 2.48. The smallest absolute Gasteiger partial charge is 0.0641 e. The minimum atomic E-state index is 1.14. The number of rotatable bonds is 4. The van der Waals surface area contributed by atoms with E-state index in [2.05, 4.69) is 214 Å². The van der Waals surface area contributed by atoms with Crippen molar-refractivity contribution in [3.05, 3.63) is 200 Å². The minimum Gasteiger partial charge on any atom is -0.309 e. The minimum absolute atomic E-state index is 1.14. The number of hydrogen-bond donors (Lipinski definition) is 0. The SMILES string of the molecule is c1ccc(-n2c3ccccc3c3c(-c4cccc(-n5c6ccccc6c6c5ccc5c7ccccc7n(-c7ccc8ccccc8c7)c56)c4)cccc32)cc1. The number of para-hydroxylation sites is 4. The summed E-state index contributed by atoms with van der Waals surface area (Å²) in [6.07, 6.45) is 0. The first kappa shape index (κ1) is 30.1. The summed E-state index contributed by atoms with van der Waals surface area (Å²) in [5.41, 5.74) is 13.1. The molecule has 3 heterocycles. The summed E-state index contributed by atoms with van der Waals surface area (Å²) in [4.78, 5) is 0. The van der Waals surface area contributed by atoms with Gasteiger partial charge in [-0.1, -0.05) is 133 Å². The van der Waals surface area contributed by atoms with E-state index in [0.29, 0.717) is 0 Å². The van der Waals surface area contributed by atoms with Crippen LogP contribution in [-0.4, -0.2) is 13.7 Å². The van der Waals surface area contributed by atoms with Gasteiger partial charge in [-0.2, -0.15) is 0 Å².